The van der Waals surface area contributed by atoms with Gasteiger partial charge in [0, 0.05) is 0 Å². The zero-order valence-electron chi connectivity index (χ0n) is 12.9. The summed E-state index contributed by atoms with van der Waals surface area (Å²) in [5, 5.41) is 0. The third-order valence-electron chi connectivity index (χ3n) is 6.58. The van der Waals surface area contributed by atoms with Crippen molar-refractivity contribution in [2.45, 2.75) is 111 Å². The first-order chi connectivity index (χ1) is 9.45. The first kappa shape index (κ1) is 14.5. The molecule has 0 aromatic rings. The molecule has 1 heteroatoms. The second kappa shape index (κ2) is 7.52. The molecule has 0 saturated heterocycles. The van der Waals surface area contributed by atoms with Crippen LogP contribution in [0, 0.1) is 0 Å². The van der Waals surface area contributed by atoms with Crippen LogP contribution in [-0.2, 0) is 0 Å². The van der Waals surface area contributed by atoms with Crippen molar-refractivity contribution >= 4 is 14.3 Å². The van der Waals surface area contributed by atoms with Crippen molar-refractivity contribution in [3.05, 3.63) is 0 Å². The number of hydrogen-bond donors (Lipinski definition) is 0. The van der Waals surface area contributed by atoms with Crippen molar-refractivity contribution in [1.29, 1.82) is 0 Å². The Balaban J connectivity index is 1.68. The first-order valence-corrected chi connectivity index (χ1v) is 13.6. The van der Waals surface area contributed by atoms with Gasteiger partial charge in [0.2, 0.25) is 0 Å². The van der Waals surface area contributed by atoms with Crippen LogP contribution in [0.2, 0.25) is 14.3 Å². The van der Waals surface area contributed by atoms with Crippen molar-refractivity contribution in [1.82, 2.24) is 0 Å². The summed E-state index contributed by atoms with van der Waals surface area (Å²) >= 11 is -1.04. The monoisotopic (exact) mass is 324 g/mol. The van der Waals surface area contributed by atoms with Gasteiger partial charge in [0.05, 0.1) is 0 Å². The molecular weight excluding hydrogens is 289 g/mol. The molecule has 0 heterocycles. The van der Waals surface area contributed by atoms with E-state index < -0.39 is 14.3 Å². The Labute approximate surface area is 125 Å². The second-order valence-corrected chi connectivity index (χ2v) is 16.1. The molecule has 110 valence electrons. The van der Waals surface area contributed by atoms with E-state index in [1.807, 2.05) is 0 Å². The first-order valence-electron chi connectivity index (χ1n) is 9.45. The molecular formula is C18H34Ge. The molecule has 0 aromatic carbocycles. The van der Waals surface area contributed by atoms with Gasteiger partial charge in [0.1, 0.15) is 0 Å². The van der Waals surface area contributed by atoms with Gasteiger partial charge in [-0.15, -0.1) is 0 Å². The van der Waals surface area contributed by atoms with Gasteiger partial charge in [0.15, 0.2) is 0 Å². The molecule has 0 unspecified atom stereocenters. The van der Waals surface area contributed by atoms with E-state index in [1.54, 1.807) is 96.3 Å². The summed E-state index contributed by atoms with van der Waals surface area (Å²) in [7, 11) is 0. The Bertz CT molecular complexity index is 202. The summed E-state index contributed by atoms with van der Waals surface area (Å²) in [5.41, 5.74) is 0. The van der Waals surface area contributed by atoms with Crippen molar-refractivity contribution in [3.63, 3.8) is 0 Å². The van der Waals surface area contributed by atoms with Crippen LogP contribution in [0.3, 0.4) is 0 Å². The summed E-state index contributed by atoms with van der Waals surface area (Å²) in [5.74, 6) is 0. The van der Waals surface area contributed by atoms with E-state index in [9.17, 15) is 0 Å². The molecule has 3 saturated carbocycles. The molecule has 19 heavy (non-hydrogen) atoms. The van der Waals surface area contributed by atoms with Gasteiger partial charge < -0.3 is 0 Å². The Morgan fingerprint density at radius 3 is 0.895 bits per heavy atom. The fourth-order valence-corrected chi connectivity index (χ4v) is 18.4. The van der Waals surface area contributed by atoms with Crippen LogP contribution in [0.1, 0.15) is 96.3 Å². The van der Waals surface area contributed by atoms with Gasteiger partial charge in [0.25, 0.3) is 0 Å². The number of rotatable bonds is 3. The van der Waals surface area contributed by atoms with E-state index in [0.717, 1.165) is 0 Å². The van der Waals surface area contributed by atoms with Gasteiger partial charge in [-0.3, -0.25) is 0 Å². The Hall–Kier alpha value is 0.543. The SMILES string of the molecule is C1CC[CH]([GeH]([CH]2CCCCC2)[CH]2CCCCC2)CC1. The molecule has 0 N–H and O–H groups in total. The average Bonchev–Trinajstić information content (AvgIpc) is 2.51. The van der Waals surface area contributed by atoms with E-state index in [-0.39, 0.29) is 0 Å². The van der Waals surface area contributed by atoms with E-state index in [0.29, 0.717) is 0 Å². The van der Waals surface area contributed by atoms with Gasteiger partial charge >= 0.3 is 125 Å². The van der Waals surface area contributed by atoms with Gasteiger partial charge in [-0.1, -0.05) is 0 Å². The molecule has 0 radical (unpaired) electrons. The van der Waals surface area contributed by atoms with Crippen molar-refractivity contribution in [3.8, 4) is 0 Å². The third-order valence-corrected chi connectivity index (χ3v) is 17.6. The van der Waals surface area contributed by atoms with Crippen LogP contribution >= 0.6 is 0 Å². The Morgan fingerprint density at radius 2 is 0.632 bits per heavy atom. The molecule has 3 fully saturated rings. The second-order valence-electron chi connectivity index (χ2n) is 7.77. The molecule has 0 aliphatic heterocycles. The van der Waals surface area contributed by atoms with Crippen molar-refractivity contribution in [2.24, 2.45) is 0 Å². The van der Waals surface area contributed by atoms with Gasteiger partial charge in [-0.05, 0) is 0 Å². The molecule has 0 spiro atoms. The number of hydrogen-bond acceptors (Lipinski definition) is 0. The minimum atomic E-state index is -1.04. The third kappa shape index (κ3) is 3.80. The summed E-state index contributed by atoms with van der Waals surface area (Å²) < 4.78 is 3.94. The molecule has 0 aromatic heterocycles. The van der Waals surface area contributed by atoms with Crippen molar-refractivity contribution < 1.29 is 0 Å². The predicted molar refractivity (Wildman–Crippen MR) is 87.7 cm³/mol. The molecule has 3 aliphatic rings. The van der Waals surface area contributed by atoms with Crippen LogP contribution in [0.25, 0.3) is 0 Å². The quantitative estimate of drug-likeness (QED) is 0.541. The zero-order valence-corrected chi connectivity index (χ0v) is 15.3. The summed E-state index contributed by atoms with van der Waals surface area (Å²) in [6.45, 7) is 0. The Kier molecular flexibility index (Phi) is 5.73. The maximum atomic E-state index is 1.66. The van der Waals surface area contributed by atoms with E-state index in [1.165, 1.54) is 14.3 Å². The summed E-state index contributed by atoms with van der Waals surface area (Å²) in [4.78, 5) is 0. The fraction of sp³-hybridized carbons (Fsp3) is 1.00. The van der Waals surface area contributed by atoms with Crippen LogP contribution in [0.15, 0.2) is 0 Å². The van der Waals surface area contributed by atoms with Crippen LogP contribution in [-0.4, -0.2) is 14.3 Å². The van der Waals surface area contributed by atoms with E-state index >= 15 is 0 Å². The topological polar surface area (TPSA) is 0 Å². The maximum absolute atomic E-state index is 1.66. The minimum absolute atomic E-state index is 1.04. The van der Waals surface area contributed by atoms with Crippen LogP contribution < -0.4 is 0 Å². The molecule has 3 rings (SSSR count). The average molecular weight is 323 g/mol. The molecule has 0 atom stereocenters. The normalized spacial score (nSPS) is 28.9. The zero-order chi connectivity index (χ0) is 12.9. The van der Waals surface area contributed by atoms with Crippen molar-refractivity contribution in [2.75, 3.05) is 0 Å². The summed E-state index contributed by atoms with van der Waals surface area (Å²) in [6, 6.07) is 0. The van der Waals surface area contributed by atoms with Gasteiger partial charge in [-0.2, -0.15) is 0 Å². The predicted octanol–water partition coefficient (Wildman–Crippen LogP) is 6.22. The van der Waals surface area contributed by atoms with E-state index in [2.05, 4.69) is 0 Å². The molecule has 0 nitrogen and oxygen atoms in total. The summed E-state index contributed by atoms with van der Waals surface area (Å²) in [6.07, 6.45) is 24.2. The standard InChI is InChI=1S/C18H34Ge/c1-4-10-16(11-5-1)19(17-12-6-2-7-13-17)18-14-8-3-9-15-18/h16-19H,1-15H2. The van der Waals surface area contributed by atoms with E-state index in [4.69, 9.17) is 0 Å². The molecule has 0 bridgehead atoms. The Morgan fingerprint density at radius 1 is 0.368 bits per heavy atom. The van der Waals surface area contributed by atoms with Gasteiger partial charge in [-0.25, -0.2) is 0 Å². The molecule has 0 amide bonds. The fourth-order valence-electron chi connectivity index (χ4n) is 5.71. The van der Waals surface area contributed by atoms with Crippen LogP contribution in [0.4, 0.5) is 0 Å². The van der Waals surface area contributed by atoms with Crippen LogP contribution in [0.5, 0.6) is 0 Å². The molecule has 3 aliphatic carbocycles.